The van der Waals surface area contributed by atoms with Crippen LogP contribution in [-0.4, -0.2) is 49.3 Å². The lowest BCUT2D eigenvalue weighted by atomic mass is 10.2. The number of aliphatic imine (C=N–C) groups is 1. The van der Waals surface area contributed by atoms with Gasteiger partial charge in [0.1, 0.15) is 5.75 Å². The van der Waals surface area contributed by atoms with Crippen molar-refractivity contribution >= 4 is 40.5 Å². The third kappa shape index (κ3) is 5.37. The van der Waals surface area contributed by atoms with Crippen molar-refractivity contribution in [2.75, 3.05) is 27.4 Å². The minimum Gasteiger partial charge on any atom is -0.497 e. The van der Waals surface area contributed by atoms with Crippen molar-refractivity contribution in [3.05, 3.63) is 52.9 Å². The smallest absolute Gasteiger partial charge is 0.266 e. The molecule has 2 aromatic rings. The zero-order valence-corrected chi connectivity index (χ0v) is 18.3. The molecule has 3 rings (SSSR count). The van der Waals surface area contributed by atoms with Crippen LogP contribution in [0.5, 0.6) is 17.2 Å². The number of ether oxygens (including phenoxy) is 3. The number of likely N-dealkylation sites (N-methyl/N-ethyl adjacent to an activating group) is 1. The van der Waals surface area contributed by atoms with Gasteiger partial charge in [0.25, 0.3) is 11.8 Å². The third-order valence-electron chi connectivity index (χ3n) is 4.36. The quantitative estimate of drug-likeness (QED) is 0.631. The molecular formula is C22H23N3O5S. The predicted molar refractivity (Wildman–Crippen MR) is 121 cm³/mol. The Morgan fingerprint density at radius 1 is 1.13 bits per heavy atom. The summed E-state index contributed by atoms with van der Waals surface area (Å²) in [4.78, 5) is 30.6. The average Bonchev–Trinajstić information content (AvgIpc) is 3.06. The number of carbonyl (C=O) groups excluding carboxylic acids is 2. The van der Waals surface area contributed by atoms with E-state index in [9.17, 15) is 9.59 Å². The molecule has 0 unspecified atom stereocenters. The van der Waals surface area contributed by atoms with Crippen molar-refractivity contribution in [2.24, 2.45) is 10.7 Å². The van der Waals surface area contributed by atoms with Gasteiger partial charge in [0.2, 0.25) is 0 Å². The highest BCUT2D eigenvalue weighted by Gasteiger charge is 2.32. The van der Waals surface area contributed by atoms with E-state index in [-0.39, 0.29) is 12.5 Å². The number of nitrogens with two attached hydrogens (primary N) is 1. The molecule has 1 saturated heterocycles. The van der Waals surface area contributed by atoms with Crippen LogP contribution in [0.15, 0.2) is 52.4 Å². The minimum absolute atomic E-state index is 0.118. The summed E-state index contributed by atoms with van der Waals surface area (Å²) in [5.74, 6) is 0.873. The van der Waals surface area contributed by atoms with Crippen molar-refractivity contribution < 1.29 is 23.8 Å². The number of methoxy groups -OCH3 is 2. The second kappa shape index (κ2) is 10.0. The maximum absolute atomic E-state index is 12.9. The summed E-state index contributed by atoms with van der Waals surface area (Å²) < 4.78 is 15.8. The van der Waals surface area contributed by atoms with Crippen LogP contribution in [0.1, 0.15) is 12.5 Å². The third-order valence-corrected chi connectivity index (χ3v) is 5.36. The normalized spacial score (nSPS) is 16.1. The Hall–Kier alpha value is -3.46. The molecule has 0 atom stereocenters. The fourth-order valence-corrected chi connectivity index (χ4v) is 3.89. The Morgan fingerprint density at radius 2 is 1.87 bits per heavy atom. The lowest BCUT2D eigenvalue weighted by Gasteiger charge is -2.12. The fourth-order valence-electron chi connectivity index (χ4n) is 2.83. The second-order valence-electron chi connectivity index (χ2n) is 6.42. The fraction of sp³-hybridized carbons (Fsp3) is 0.227. The highest BCUT2D eigenvalue weighted by atomic mass is 32.2. The van der Waals surface area contributed by atoms with Gasteiger partial charge in [-0.1, -0.05) is 6.07 Å². The topological polar surface area (TPSA) is 103 Å². The molecule has 1 aliphatic heterocycles. The van der Waals surface area contributed by atoms with Gasteiger partial charge in [0, 0.05) is 6.54 Å². The first kappa shape index (κ1) is 22.2. The van der Waals surface area contributed by atoms with E-state index in [2.05, 4.69) is 4.99 Å². The van der Waals surface area contributed by atoms with E-state index < -0.39 is 5.91 Å². The van der Waals surface area contributed by atoms with Gasteiger partial charge in [-0.3, -0.25) is 14.5 Å². The molecule has 0 spiro atoms. The first-order valence-corrected chi connectivity index (χ1v) is 10.3. The van der Waals surface area contributed by atoms with Crippen LogP contribution in [0.3, 0.4) is 0 Å². The van der Waals surface area contributed by atoms with E-state index in [4.69, 9.17) is 19.9 Å². The Bertz CT molecular complexity index is 1030. The van der Waals surface area contributed by atoms with Crippen molar-refractivity contribution in [3.8, 4) is 17.2 Å². The first-order chi connectivity index (χ1) is 14.9. The Balaban J connectivity index is 1.85. The summed E-state index contributed by atoms with van der Waals surface area (Å²) >= 11 is 1.31. The van der Waals surface area contributed by atoms with E-state index in [1.807, 2.05) is 31.2 Å². The summed E-state index contributed by atoms with van der Waals surface area (Å²) in [6.07, 6.45) is 1.77. The Kier molecular flexibility index (Phi) is 7.19. The molecule has 0 aromatic heterocycles. The highest BCUT2D eigenvalue weighted by Crippen LogP contribution is 2.36. The molecule has 0 bridgehead atoms. The minimum atomic E-state index is -0.579. The largest absolute Gasteiger partial charge is 0.497 e. The molecule has 2 N–H and O–H groups in total. The molecule has 31 heavy (non-hydrogen) atoms. The van der Waals surface area contributed by atoms with Crippen molar-refractivity contribution in [2.45, 2.75) is 6.92 Å². The summed E-state index contributed by atoms with van der Waals surface area (Å²) in [6, 6.07) is 12.5. The second-order valence-corrected chi connectivity index (χ2v) is 7.43. The van der Waals surface area contributed by atoms with Gasteiger partial charge in [-0.25, -0.2) is 4.99 Å². The Morgan fingerprint density at radius 3 is 2.48 bits per heavy atom. The number of benzene rings is 2. The van der Waals surface area contributed by atoms with Crippen LogP contribution in [0, 0.1) is 0 Å². The molecule has 0 aliphatic carbocycles. The van der Waals surface area contributed by atoms with Crippen molar-refractivity contribution in [1.29, 1.82) is 0 Å². The van der Waals surface area contributed by atoms with E-state index in [0.717, 1.165) is 17.0 Å². The SMILES string of the molecule is CCN1C(=O)/C(=C\c2ccc(OCC(N)=O)c(OC)c2)SC1=Nc1ccc(OC)cc1. The van der Waals surface area contributed by atoms with Gasteiger partial charge in [-0.05, 0) is 66.7 Å². The van der Waals surface area contributed by atoms with Crippen LogP contribution in [0.25, 0.3) is 6.08 Å². The number of rotatable bonds is 8. The number of amidine groups is 1. The lowest BCUT2D eigenvalue weighted by molar-refractivity contribution is -0.122. The van der Waals surface area contributed by atoms with Gasteiger partial charge in [-0.15, -0.1) is 0 Å². The van der Waals surface area contributed by atoms with E-state index in [1.54, 1.807) is 36.3 Å². The molecule has 8 nitrogen and oxygen atoms in total. The van der Waals surface area contributed by atoms with Gasteiger partial charge in [-0.2, -0.15) is 0 Å². The summed E-state index contributed by atoms with van der Waals surface area (Å²) in [7, 11) is 3.10. The van der Waals surface area contributed by atoms with E-state index in [0.29, 0.717) is 28.1 Å². The average molecular weight is 442 g/mol. The standard InChI is InChI=1S/C22H23N3O5S/c1-4-25-21(27)19(31-22(25)24-15-6-8-16(28-2)9-7-15)12-14-5-10-17(18(11-14)29-3)30-13-20(23)26/h5-12H,4,13H2,1-3H3,(H2,23,26)/b19-12+,24-22?. The molecule has 2 aromatic carbocycles. The van der Waals surface area contributed by atoms with Crippen molar-refractivity contribution in [3.63, 3.8) is 0 Å². The van der Waals surface area contributed by atoms with Gasteiger partial charge >= 0.3 is 0 Å². The van der Waals surface area contributed by atoms with Crippen LogP contribution in [0.4, 0.5) is 5.69 Å². The van der Waals surface area contributed by atoms with Gasteiger partial charge < -0.3 is 19.9 Å². The molecule has 162 valence electrons. The molecule has 1 aliphatic rings. The first-order valence-electron chi connectivity index (χ1n) is 9.48. The maximum Gasteiger partial charge on any atom is 0.266 e. The van der Waals surface area contributed by atoms with Gasteiger partial charge in [0.05, 0.1) is 24.8 Å². The number of nitrogens with zero attached hydrogens (tertiary/aromatic N) is 2. The molecule has 2 amide bonds. The predicted octanol–water partition coefficient (Wildman–Crippen LogP) is 3.19. The lowest BCUT2D eigenvalue weighted by Crippen LogP contribution is -2.28. The van der Waals surface area contributed by atoms with Crippen LogP contribution < -0.4 is 19.9 Å². The number of hydrogen-bond acceptors (Lipinski definition) is 7. The van der Waals surface area contributed by atoms with E-state index >= 15 is 0 Å². The number of hydrogen-bond donors (Lipinski definition) is 1. The van der Waals surface area contributed by atoms with Crippen LogP contribution in [-0.2, 0) is 9.59 Å². The summed E-state index contributed by atoms with van der Waals surface area (Å²) in [5.41, 5.74) is 6.60. The van der Waals surface area contributed by atoms with Crippen molar-refractivity contribution in [1.82, 2.24) is 4.90 Å². The number of carbonyl (C=O) groups is 2. The summed E-state index contributed by atoms with van der Waals surface area (Å²) in [5, 5.41) is 0.609. The molecule has 0 saturated carbocycles. The zero-order valence-electron chi connectivity index (χ0n) is 17.5. The number of primary amides is 1. The maximum atomic E-state index is 12.9. The molecular weight excluding hydrogens is 418 g/mol. The molecule has 1 fully saturated rings. The Labute approximate surface area is 184 Å². The molecule has 9 heteroatoms. The van der Waals surface area contributed by atoms with Gasteiger partial charge in [0.15, 0.2) is 23.3 Å². The zero-order chi connectivity index (χ0) is 22.4. The molecule has 0 radical (unpaired) electrons. The van der Waals surface area contributed by atoms with Crippen LogP contribution in [0.2, 0.25) is 0 Å². The highest BCUT2D eigenvalue weighted by molar-refractivity contribution is 8.18. The number of amides is 2. The monoisotopic (exact) mass is 441 g/mol. The van der Waals surface area contributed by atoms with E-state index in [1.165, 1.54) is 18.9 Å². The summed E-state index contributed by atoms with van der Waals surface area (Å²) in [6.45, 7) is 2.15. The number of thioether (sulfide) groups is 1. The van der Waals surface area contributed by atoms with Crippen LogP contribution >= 0.6 is 11.8 Å². The molecule has 1 heterocycles.